The molecule has 0 spiro atoms. The van der Waals surface area contributed by atoms with E-state index in [0.29, 0.717) is 5.96 Å². The molecule has 1 aliphatic rings. The molecule has 0 atom stereocenters. The summed E-state index contributed by atoms with van der Waals surface area (Å²) in [5.74, 6) is 0.527. The number of thiophene rings is 1. The molecular formula is C14H23ClN4OS. The standard InChI is InChI=1S/C14H23ClN4OS/c15-13-3-2-12(21-13)4-6-18-14(16)17-5-1-7-19-8-10-20-11-9-19/h2-3H,1,4-11H2,(H3,16,17,18). The fraction of sp³-hybridized carbons (Fsp3) is 0.643. The third kappa shape index (κ3) is 6.65. The zero-order valence-corrected chi connectivity index (χ0v) is 13.8. The van der Waals surface area contributed by atoms with Crippen molar-refractivity contribution < 1.29 is 4.74 Å². The summed E-state index contributed by atoms with van der Waals surface area (Å²) in [6.07, 6.45) is 1.95. The maximum Gasteiger partial charge on any atom is 0.188 e. The van der Waals surface area contributed by atoms with Crippen molar-refractivity contribution in [2.75, 3.05) is 45.9 Å². The van der Waals surface area contributed by atoms with Crippen LogP contribution < -0.4 is 11.1 Å². The Kier molecular flexibility index (Phi) is 7.29. The fourth-order valence-electron chi connectivity index (χ4n) is 2.17. The molecule has 1 aliphatic heterocycles. The summed E-state index contributed by atoms with van der Waals surface area (Å²) in [7, 11) is 0. The average Bonchev–Trinajstić information content (AvgIpc) is 2.90. The summed E-state index contributed by atoms with van der Waals surface area (Å²) in [5, 5.41) is 3.14. The average molecular weight is 331 g/mol. The van der Waals surface area contributed by atoms with Gasteiger partial charge in [-0.3, -0.25) is 9.89 Å². The summed E-state index contributed by atoms with van der Waals surface area (Å²) in [4.78, 5) is 8.01. The van der Waals surface area contributed by atoms with E-state index in [4.69, 9.17) is 22.1 Å². The van der Waals surface area contributed by atoms with Crippen molar-refractivity contribution in [2.24, 2.45) is 10.7 Å². The summed E-state index contributed by atoms with van der Waals surface area (Å²) in [5.41, 5.74) is 5.84. The normalized spacial score (nSPS) is 17.1. The molecule has 5 nitrogen and oxygen atoms in total. The molecule has 1 fully saturated rings. The lowest BCUT2D eigenvalue weighted by Crippen LogP contribution is -2.37. The second-order valence-corrected chi connectivity index (χ2v) is 6.76. The van der Waals surface area contributed by atoms with Gasteiger partial charge in [-0.2, -0.15) is 0 Å². The highest BCUT2D eigenvalue weighted by atomic mass is 35.5. The molecule has 1 aromatic heterocycles. The lowest BCUT2D eigenvalue weighted by atomic mass is 10.3. The molecule has 0 aromatic carbocycles. The molecule has 0 radical (unpaired) electrons. The molecule has 0 unspecified atom stereocenters. The van der Waals surface area contributed by atoms with Gasteiger partial charge in [0.05, 0.1) is 17.6 Å². The topological polar surface area (TPSA) is 62.9 Å². The number of nitrogens with one attached hydrogen (secondary N) is 1. The van der Waals surface area contributed by atoms with E-state index in [0.717, 1.165) is 63.1 Å². The fourth-order valence-corrected chi connectivity index (χ4v) is 3.26. The second-order valence-electron chi connectivity index (χ2n) is 4.96. The van der Waals surface area contributed by atoms with Crippen molar-refractivity contribution in [3.05, 3.63) is 21.3 Å². The molecule has 2 rings (SSSR count). The first-order valence-electron chi connectivity index (χ1n) is 7.32. The second kappa shape index (κ2) is 9.25. The monoisotopic (exact) mass is 330 g/mol. The van der Waals surface area contributed by atoms with E-state index in [9.17, 15) is 0 Å². The van der Waals surface area contributed by atoms with E-state index in [1.807, 2.05) is 12.1 Å². The van der Waals surface area contributed by atoms with Crippen LogP contribution in [0.5, 0.6) is 0 Å². The van der Waals surface area contributed by atoms with E-state index >= 15 is 0 Å². The van der Waals surface area contributed by atoms with Crippen LogP contribution in [-0.4, -0.2) is 56.8 Å². The van der Waals surface area contributed by atoms with Crippen molar-refractivity contribution in [1.29, 1.82) is 0 Å². The molecule has 21 heavy (non-hydrogen) atoms. The largest absolute Gasteiger partial charge is 0.379 e. The molecular weight excluding hydrogens is 308 g/mol. The first-order valence-corrected chi connectivity index (χ1v) is 8.51. The van der Waals surface area contributed by atoms with E-state index < -0.39 is 0 Å². The Morgan fingerprint density at radius 3 is 2.95 bits per heavy atom. The lowest BCUT2D eigenvalue weighted by molar-refractivity contribution is 0.0377. The Morgan fingerprint density at radius 2 is 2.24 bits per heavy atom. The third-order valence-electron chi connectivity index (χ3n) is 3.32. The van der Waals surface area contributed by atoms with Crippen LogP contribution in [0.15, 0.2) is 17.1 Å². The number of hydrogen-bond acceptors (Lipinski definition) is 4. The maximum absolute atomic E-state index is 5.89. The number of guanidine groups is 1. The van der Waals surface area contributed by atoms with Gasteiger partial charge in [0, 0.05) is 37.6 Å². The SMILES string of the molecule is NC(=NCCCN1CCOCC1)NCCc1ccc(Cl)s1. The molecule has 7 heteroatoms. The molecule has 0 saturated carbocycles. The van der Waals surface area contributed by atoms with Crippen molar-refractivity contribution >= 4 is 28.9 Å². The van der Waals surface area contributed by atoms with E-state index in [2.05, 4.69) is 15.2 Å². The number of nitrogens with zero attached hydrogens (tertiary/aromatic N) is 2. The van der Waals surface area contributed by atoms with Crippen molar-refractivity contribution in [3.63, 3.8) is 0 Å². The predicted molar refractivity (Wildman–Crippen MR) is 89.4 cm³/mol. The van der Waals surface area contributed by atoms with Gasteiger partial charge in [-0.05, 0) is 25.0 Å². The quantitative estimate of drug-likeness (QED) is 0.452. The van der Waals surface area contributed by atoms with Crippen molar-refractivity contribution in [2.45, 2.75) is 12.8 Å². The van der Waals surface area contributed by atoms with Gasteiger partial charge >= 0.3 is 0 Å². The van der Waals surface area contributed by atoms with Crippen LogP contribution in [-0.2, 0) is 11.2 Å². The first kappa shape index (κ1) is 16.5. The highest BCUT2D eigenvalue weighted by molar-refractivity contribution is 7.16. The van der Waals surface area contributed by atoms with E-state index in [-0.39, 0.29) is 0 Å². The van der Waals surface area contributed by atoms with Crippen molar-refractivity contribution in [1.82, 2.24) is 10.2 Å². The van der Waals surface area contributed by atoms with Gasteiger partial charge in [0.25, 0.3) is 0 Å². The Morgan fingerprint density at radius 1 is 1.43 bits per heavy atom. The van der Waals surface area contributed by atoms with Gasteiger partial charge in [0.2, 0.25) is 0 Å². The summed E-state index contributed by atoms with van der Waals surface area (Å²) < 4.78 is 6.15. The Balaban J connectivity index is 1.54. The highest BCUT2D eigenvalue weighted by Crippen LogP contribution is 2.21. The molecule has 0 bridgehead atoms. The maximum atomic E-state index is 5.89. The van der Waals surface area contributed by atoms with E-state index in [1.54, 1.807) is 11.3 Å². The van der Waals surface area contributed by atoms with Gasteiger partial charge in [0.1, 0.15) is 0 Å². The number of halogens is 1. The predicted octanol–water partition coefficient (Wildman–Crippen LogP) is 1.57. The zero-order chi connectivity index (χ0) is 14.9. The zero-order valence-electron chi connectivity index (χ0n) is 12.2. The third-order valence-corrected chi connectivity index (χ3v) is 4.62. The summed E-state index contributed by atoms with van der Waals surface area (Å²) in [6.45, 7) is 6.37. The summed E-state index contributed by atoms with van der Waals surface area (Å²) >= 11 is 7.49. The van der Waals surface area contributed by atoms with Crippen LogP contribution in [0.4, 0.5) is 0 Å². The Bertz CT molecular complexity index is 446. The molecule has 3 N–H and O–H groups in total. The number of morpholine rings is 1. The number of aliphatic imine (C=N–C) groups is 1. The Hall–Kier alpha value is -0.820. The van der Waals surface area contributed by atoms with E-state index in [1.165, 1.54) is 4.88 Å². The van der Waals surface area contributed by atoms with Crippen LogP contribution in [0.3, 0.4) is 0 Å². The number of rotatable bonds is 7. The molecule has 0 aliphatic carbocycles. The molecule has 1 aromatic rings. The minimum atomic E-state index is 0.527. The number of ether oxygens (including phenoxy) is 1. The highest BCUT2D eigenvalue weighted by Gasteiger charge is 2.08. The smallest absolute Gasteiger partial charge is 0.188 e. The van der Waals surface area contributed by atoms with Gasteiger partial charge in [-0.1, -0.05) is 11.6 Å². The first-order chi connectivity index (χ1) is 10.2. The molecule has 2 heterocycles. The Labute approximate surface area is 135 Å². The van der Waals surface area contributed by atoms with Crippen LogP contribution in [0.1, 0.15) is 11.3 Å². The van der Waals surface area contributed by atoms with Crippen LogP contribution >= 0.6 is 22.9 Å². The van der Waals surface area contributed by atoms with Crippen LogP contribution in [0, 0.1) is 0 Å². The minimum Gasteiger partial charge on any atom is -0.379 e. The number of nitrogens with two attached hydrogens (primary N) is 1. The molecule has 118 valence electrons. The molecule has 0 amide bonds. The summed E-state index contributed by atoms with van der Waals surface area (Å²) in [6, 6.07) is 3.97. The minimum absolute atomic E-state index is 0.527. The van der Waals surface area contributed by atoms with Crippen LogP contribution in [0.25, 0.3) is 0 Å². The van der Waals surface area contributed by atoms with Gasteiger partial charge < -0.3 is 15.8 Å². The van der Waals surface area contributed by atoms with Crippen molar-refractivity contribution in [3.8, 4) is 0 Å². The number of hydrogen-bond donors (Lipinski definition) is 2. The van der Waals surface area contributed by atoms with Gasteiger partial charge in [0.15, 0.2) is 5.96 Å². The van der Waals surface area contributed by atoms with Crippen LogP contribution in [0.2, 0.25) is 4.34 Å². The van der Waals surface area contributed by atoms with Gasteiger partial charge in [-0.15, -0.1) is 11.3 Å². The lowest BCUT2D eigenvalue weighted by Gasteiger charge is -2.26. The molecule has 1 saturated heterocycles. The van der Waals surface area contributed by atoms with Gasteiger partial charge in [-0.25, -0.2) is 0 Å².